The Kier molecular flexibility index (Phi) is 4.61. The van der Waals surface area contributed by atoms with Crippen molar-refractivity contribution in [3.63, 3.8) is 0 Å². The van der Waals surface area contributed by atoms with Crippen LogP contribution in [0.5, 0.6) is 0 Å². The quantitative estimate of drug-likeness (QED) is 0.762. The lowest BCUT2D eigenvalue weighted by Gasteiger charge is -2.49. The van der Waals surface area contributed by atoms with Gasteiger partial charge in [-0.3, -0.25) is 0 Å². The monoisotopic (exact) mass is 264 g/mol. The Bertz CT molecular complexity index is 370. The third-order valence-corrected chi connectivity index (χ3v) is 4.43. The van der Waals surface area contributed by atoms with Gasteiger partial charge in [0.25, 0.3) is 5.97 Å². The second kappa shape index (κ2) is 6.04. The highest BCUT2D eigenvalue weighted by molar-refractivity contribution is 5.28. The highest BCUT2D eigenvalue weighted by Gasteiger charge is 2.55. The standard InChI is InChI=1S/C16H24O3/c1-17-16(18-2,19-3)15(12-8-5-9-13-15)14-10-6-4-7-11-14/h4,6-7,10-11H,5,8-9,12-13H2,1-3H3. The van der Waals surface area contributed by atoms with Gasteiger partial charge in [0.1, 0.15) is 0 Å². The summed E-state index contributed by atoms with van der Waals surface area (Å²) in [4.78, 5) is 0. The molecule has 0 N–H and O–H groups in total. The molecule has 1 aliphatic carbocycles. The number of rotatable bonds is 5. The smallest absolute Gasteiger partial charge is 0.292 e. The minimum Gasteiger partial charge on any atom is -0.330 e. The first-order valence-electron chi connectivity index (χ1n) is 6.95. The van der Waals surface area contributed by atoms with Crippen molar-refractivity contribution in [2.75, 3.05) is 21.3 Å². The molecule has 1 fully saturated rings. The summed E-state index contributed by atoms with van der Waals surface area (Å²) in [5.41, 5.74) is 1.00. The van der Waals surface area contributed by atoms with E-state index in [0.717, 1.165) is 12.8 Å². The van der Waals surface area contributed by atoms with Crippen molar-refractivity contribution >= 4 is 0 Å². The predicted molar refractivity (Wildman–Crippen MR) is 75.0 cm³/mol. The van der Waals surface area contributed by atoms with Crippen LogP contribution in [0, 0.1) is 0 Å². The van der Waals surface area contributed by atoms with E-state index in [4.69, 9.17) is 14.2 Å². The molecule has 0 heterocycles. The largest absolute Gasteiger partial charge is 0.330 e. The van der Waals surface area contributed by atoms with Gasteiger partial charge in [-0.15, -0.1) is 0 Å². The van der Waals surface area contributed by atoms with Gasteiger partial charge in [-0.25, -0.2) is 0 Å². The molecule has 0 amide bonds. The first-order chi connectivity index (χ1) is 9.24. The summed E-state index contributed by atoms with van der Waals surface area (Å²) in [6, 6.07) is 10.5. The molecule has 106 valence electrons. The molecule has 1 aliphatic rings. The zero-order valence-electron chi connectivity index (χ0n) is 12.1. The van der Waals surface area contributed by atoms with Crippen LogP contribution in [0.4, 0.5) is 0 Å². The molecule has 0 aromatic heterocycles. The van der Waals surface area contributed by atoms with Crippen molar-refractivity contribution in [2.45, 2.75) is 43.5 Å². The van der Waals surface area contributed by atoms with Gasteiger partial charge >= 0.3 is 0 Å². The van der Waals surface area contributed by atoms with E-state index < -0.39 is 5.97 Å². The van der Waals surface area contributed by atoms with Crippen molar-refractivity contribution in [2.24, 2.45) is 0 Å². The third kappa shape index (κ3) is 2.31. The minimum atomic E-state index is -1.01. The van der Waals surface area contributed by atoms with Gasteiger partial charge in [0.05, 0.1) is 5.41 Å². The number of hydrogen-bond donors (Lipinski definition) is 0. The fourth-order valence-corrected chi connectivity index (χ4v) is 3.52. The fourth-order valence-electron chi connectivity index (χ4n) is 3.52. The highest BCUT2D eigenvalue weighted by Crippen LogP contribution is 2.49. The molecule has 0 bridgehead atoms. The van der Waals surface area contributed by atoms with E-state index in [-0.39, 0.29) is 5.41 Å². The summed E-state index contributed by atoms with van der Waals surface area (Å²) in [7, 11) is 4.98. The van der Waals surface area contributed by atoms with Gasteiger partial charge in [0, 0.05) is 21.3 Å². The molecule has 1 saturated carbocycles. The zero-order valence-corrected chi connectivity index (χ0v) is 12.1. The van der Waals surface area contributed by atoms with Crippen LogP contribution < -0.4 is 0 Å². The lowest BCUT2D eigenvalue weighted by atomic mass is 9.67. The number of benzene rings is 1. The molecule has 0 saturated heterocycles. The Hall–Kier alpha value is -0.900. The van der Waals surface area contributed by atoms with Crippen LogP contribution in [-0.2, 0) is 19.6 Å². The van der Waals surface area contributed by atoms with Crippen molar-refractivity contribution in [1.29, 1.82) is 0 Å². The summed E-state index contributed by atoms with van der Waals surface area (Å²) in [6.45, 7) is 0. The maximum Gasteiger partial charge on any atom is 0.292 e. The molecular formula is C16H24O3. The van der Waals surface area contributed by atoms with Gasteiger partial charge in [0.2, 0.25) is 0 Å². The first kappa shape index (κ1) is 14.5. The molecule has 0 atom stereocenters. The molecule has 2 rings (SSSR count). The summed E-state index contributed by atoms with van der Waals surface area (Å²) < 4.78 is 17.1. The van der Waals surface area contributed by atoms with Crippen molar-refractivity contribution in [3.05, 3.63) is 35.9 Å². The molecule has 1 aromatic carbocycles. The van der Waals surface area contributed by atoms with E-state index in [1.165, 1.54) is 24.8 Å². The Morgan fingerprint density at radius 1 is 0.842 bits per heavy atom. The summed E-state index contributed by atoms with van der Waals surface area (Å²) in [6.07, 6.45) is 5.65. The van der Waals surface area contributed by atoms with E-state index in [2.05, 4.69) is 24.3 Å². The molecule has 0 aliphatic heterocycles. The SMILES string of the molecule is COC(OC)(OC)C1(c2ccccc2)CCCCC1. The number of methoxy groups -OCH3 is 3. The second-order valence-corrected chi connectivity index (χ2v) is 5.18. The Balaban J connectivity index is 2.51. The van der Waals surface area contributed by atoms with Gasteiger partial charge in [-0.05, 0) is 18.4 Å². The second-order valence-electron chi connectivity index (χ2n) is 5.18. The number of hydrogen-bond acceptors (Lipinski definition) is 3. The van der Waals surface area contributed by atoms with Crippen molar-refractivity contribution < 1.29 is 14.2 Å². The molecule has 0 unspecified atom stereocenters. The van der Waals surface area contributed by atoms with Crippen LogP contribution in [-0.4, -0.2) is 27.3 Å². The maximum absolute atomic E-state index is 5.69. The van der Waals surface area contributed by atoms with Crippen LogP contribution in [0.1, 0.15) is 37.7 Å². The van der Waals surface area contributed by atoms with Gasteiger partial charge < -0.3 is 14.2 Å². The normalized spacial score (nSPS) is 19.3. The topological polar surface area (TPSA) is 27.7 Å². The van der Waals surface area contributed by atoms with Crippen LogP contribution in [0.15, 0.2) is 30.3 Å². The summed E-state index contributed by atoms with van der Waals surface area (Å²) in [5.74, 6) is -1.01. The Morgan fingerprint density at radius 2 is 1.37 bits per heavy atom. The minimum absolute atomic E-state index is 0.231. The lowest BCUT2D eigenvalue weighted by Crippen LogP contribution is -2.56. The van der Waals surface area contributed by atoms with Crippen molar-refractivity contribution in [1.82, 2.24) is 0 Å². The average molecular weight is 264 g/mol. The summed E-state index contributed by atoms with van der Waals surface area (Å²) in [5, 5.41) is 0. The van der Waals surface area contributed by atoms with Crippen LogP contribution >= 0.6 is 0 Å². The van der Waals surface area contributed by atoms with E-state index in [9.17, 15) is 0 Å². The average Bonchev–Trinajstić information content (AvgIpc) is 2.51. The molecule has 0 radical (unpaired) electrons. The Labute approximate surface area is 115 Å². The zero-order chi connectivity index (χ0) is 13.8. The van der Waals surface area contributed by atoms with E-state index in [1.807, 2.05) is 6.07 Å². The van der Waals surface area contributed by atoms with Crippen LogP contribution in [0.2, 0.25) is 0 Å². The maximum atomic E-state index is 5.69. The van der Waals surface area contributed by atoms with E-state index in [0.29, 0.717) is 0 Å². The van der Waals surface area contributed by atoms with E-state index in [1.54, 1.807) is 21.3 Å². The number of ether oxygens (including phenoxy) is 3. The molecular weight excluding hydrogens is 240 g/mol. The molecule has 3 heteroatoms. The molecule has 19 heavy (non-hydrogen) atoms. The Morgan fingerprint density at radius 3 is 1.84 bits per heavy atom. The van der Waals surface area contributed by atoms with Crippen LogP contribution in [0.25, 0.3) is 0 Å². The molecule has 3 nitrogen and oxygen atoms in total. The van der Waals surface area contributed by atoms with Gasteiger partial charge in [-0.1, -0.05) is 49.6 Å². The summed E-state index contributed by atoms with van der Waals surface area (Å²) >= 11 is 0. The fraction of sp³-hybridized carbons (Fsp3) is 0.625. The predicted octanol–water partition coefficient (Wildman–Crippen LogP) is 3.48. The van der Waals surface area contributed by atoms with Crippen molar-refractivity contribution in [3.8, 4) is 0 Å². The van der Waals surface area contributed by atoms with Gasteiger partial charge in [-0.2, -0.15) is 0 Å². The molecule has 0 spiro atoms. The highest BCUT2D eigenvalue weighted by atomic mass is 16.9. The molecule has 1 aromatic rings. The first-order valence-corrected chi connectivity index (χ1v) is 6.95. The third-order valence-electron chi connectivity index (χ3n) is 4.43. The van der Waals surface area contributed by atoms with Gasteiger partial charge in [0.15, 0.2) is 0 Å². The lowest BCUT2D eigenvalue weighted by molar-refractivity contribution is -0.391. The van der Waals surface area contributed by atoms with Crippen LogP contribution in [0.3, 0.4) is 0 Å². The van der Waals surface area contributed by atoms with E-state index >= 15 is 0 Å².